The van der Waals surface area contributed by atoms with Crippen LogP contribution < -0.4 is 0 Å². The number of methoxy groups -OCH3 is 1. The van der Waals surface area contributed by atoms with E-state index in [0.717, 1.165) is 25.1 Å². The van der Waals surface area contributed by atoms with E-state index in [-0.39, 0.29) is 29.4 Å². The molecule has 0 saturated carbocycles. The summed E-state index contributed by atoms with van der Waals surface area (Å²) in [6, 6.07) is 0.490. The van der Waals surface area contributed by atoms with E-state index in [9.17, 15) is 4.79 Å². The number of ether oxygens (including phenoxy) is 4. The van der Waals surface area contributed by atoms with Crippen LogP contribution in [0.1, 0.15) is 33.6 Å². The van der Waals surface area contributed by atoms with Crippen molar-refractivity contribution in [3.05, 3.63) is 22.9 Å². The number of hydrogen-bond acceptors (Lipinski definition) is 6. The zero-order valence-corrected chi connectivity index (χ0v) is 15.0. The fourth-order valence-electron chi connectivity index (χ4n) is 6.93. The average Bonchev–Trinajstić information content (AvgIpc) is 3.26. The summed E-state index contributed by atoms with van der Waals surface area (Å²) in [6.45, 7) is 7.39. The highest BCUT2D eigenvalue weighted by Crippen LogP contribution is 2.72. The summed E-state index contributed by atoms with van der Waals surface area (Å²) in [5, 5.41) is 0. The van der Waals surface area contributed by atoms with Gasteiger partial charge in [-0.15, -0.1) is 0 Å². The molecule has 25 heavy (non-hydrogen) atoms. The minimum Gasteiger partial charge on any atom is -0.492 e. The number of carbonyl (C=O) groups excluding carboxylic acids is 1. The third-order valence-electron chi connectivity index (χ3n) is 7.88. The van der Waals surface area contributed by atoms with E-state index >= 15 is 0 Å². The Labute approximate surface area is 146 Å². The SMILES string of the molecule is COC1=C(C)C(=O)O/C1=C1\O[C@@]23O[C@H]4C[C@@H]([C@H]2[C@@H]1C)N1CC[C@@H]3[C@@]41C. The van der Waals surface area contributed by atoms with E-state index < -0.39 is 5.79 Å². The van der Waals surface area contributed by atoms with Crippen LogP contribution in [0.3, 0.4) is 0 Å². The number of fused-ring (bicyclic) bond motifs is 1. The van der Waals surface area contributed by atoms with Gasteiger partial charge in [0.1, 0.15) is 5.76 Å². The number of hydrogen-bond donors (Lipinski definition) is 0. The van der Waals surface area contributed by atoms with Crippen LogP contribution in [0.25, 0.3) is 0 Å². The molecule has 0 aliphatic carbocycles. The lowest BCUT2D eigenvalue weighted by molar-refractivity contribution is -0.255. The summed E-state index contributed by atoms with van der Waals surface area (Å²) in [7, 11) is 1.57. The van der Waals surface area contributed by atoms with Gasteiger partial charge in [-0.05, 0) is 33.2 Å². The standard InChI is InChI=1S/C19H23NO5/c1-8-13-10-7-12-18(3)11(5-6-20(10)18)19(13,24-12)25-15(8)16-14(22-4)9(2)17(21)23-16/h8,10-13H,5-7H2,1-4H3/b16-15-/t8-,10-,11+,12-,13+,18-,19+/m0/s1. The van der Waals surface area contributed by atoms with Gasteiger partial charge < -0.3 is 18.9 Å². The van der Waals surface area contributed by atoms with Gasteiger partial charge in [0.15, 0.2) is 5.76 Å². The molecule has 6 aliphatic rings. The van der Waals surface area contributed by atoms with Crippen LogP contribution >= 0.6 is 0 Å². The second-order valence-electron chi connectivity index (χ2n) is 8.55. The molecular formula is C19H23NO5. The average molecular weight is 345 g/mol. The third-order valence-corrected chi connectivity index (χ3v) is 7.88. The lowest BCUT2D eigenvalue weighted by Crippen LogP contribution is -2.60. The van der Waals surface area contributed by atoms with Crippen LogP contribution in [0.15, 0.2) is 22.9 Å². The molecule has 6 rings (SSSR count). The monoisotopic (exact) mass is 345 g/mol. The Morgan fingerprint density at radius 2 is 2.16 bits per heavy atom. The maximum atomic E-state index is 12.1. The molecule has 5 bridgehead atoms. The Balaban J connectivity index is 1.52. The van der Waals surface area contributed by atoms with E-state index in [1.54, 1.807) is 14.0 Å². The number of carbonyl (C=O) groups is 1. The predicted octanol–water partition coefficient (Wildman–Crippen LogP) is 1.92. The summed E-state index contributed by atoms with van der Waals surface area (Å²) in [5.74, 6) is 1.58. The lowest BCUT2D eigenvalue weighted by atomic mass is 9.71. The first-order valence-corrected chi connectivity index (χ1v) is 9.28. The molecule has 6 heteroatoms. The Morgan fingerprint density at radius 1 is 1.36 bits per heavy atom. The molecule has 0 N–H and O–H groups in total. The molecule has 5 saturated heterocycles. The van der Waals surface area contributed by atoms with Crippen molar-refractivity contribution in [1.82, 2.24) is 4.90 Å². The largest absolute Gasteiger partial charge is 0.492 e. The number of esters is 1. The Kier molecular flexibility index (Phi) is 2.38. The van der Waals surface area contributed by atoms with Gasteiger partial charge in [-0.1, -0.05) is 6.92 Å². The quantitative estimate of drug-likeness (QED) is 0.677. The molecule has 6 nitrogen and oxygen atoms in total. The van der Waals surface area contributed by atoms with Crippen molar-refractivity contribution < 1.29 is 23.7 Å². The fraction of sp³-hybridized carbons (Fsp3) is 0.737. The molecule has 6 heterocycles. The lowest BCUT2D eigenvalue weighted by Gasteiger charge is -2.47. The number of piperidine rings is 1. The zero-order valence-electron chi connectivity index (χ0n) is 15.0. The Morgan fingerprint density at radius 3 is 2.92 bits per heavy atom. The van der Waals surface area contributed by atoms with Crippen molar-refractivity contribution >= 4 is 5.97 Å². The maximum Gasteiger partial charge on any atom is 0.343 e. The number of allylic oxidation sites excluding steroid dienone is 1. The summed E-state index contributed by atoms with van der Waals surface area (Å²) >= 11 is 0. The molecule has 0 aromatic rings. The van der Waals surface area contributed by atoms with Gasteiger partial charge in [-0.2, -0.15) is 0 Å². The first-order valence-electron chi connectivity index (χ1n) is 9.28. The third kappa shape index (κ3) is 1.29. The molecule has 0 amide bonds. The smallest absolute Gasteiger partial charge is 0.343 e. The number of nitrogens with zero attached hydrogens (tertiary/aromatic N) is 1. The van der Waals surface area contributed by atoms with Gasteiger partial charge in [0.25, 0.3) is 0 Å². The van der Waals surface area contributed by atoms with Crippen molar-refractivity contribution in [1.29, 1.82) is 0 Å². The molecule has 0 radical (unpaired) electrons. The van der Waals surface area contributed by atoms with Crippen LogP contribution in [0.4, 0.5) is 0 Å². The molecule has 0 aromatic carbocycles. The molecule has 0 aromatic heterocycles. The van der Waals surface area contributed by atoms with Gasteiger partial charge >= 0.3 is 5.97 Å². The first-order chi connectivity index (χ1) is 11.9. The molecule has 8 atom stereocenters. The van der Waals surface area contributed by atoms with Crippen molar-refractivity contribution in [3.63, 3.8) is 0 Å². The van der Waals surface area contributed by atoms with E-state index in [0.29, 0.717) is 29.1 Å². The summed E-state index contributed by atoms with van der Waals surface area (Å²) in [6.07, 6.45) is 2.45. The highest BCUT2D eigenvalue weighted by Gasteiger charge is 2.83. The molecular weight excluding hydrogens is 322 g/mol. The minimum absolute atomic E-state index is 0.100. The Hall–Kier alpha value is -1.53. The second kappa shape index (κ2) is 4.07. The van der Waals surface area contributed by atoms with E-state index in [4.69, 9.17) is 18.9 Å². The summed E-state index contributed by atoms with van der Waals surface area (Å²) in [5.41, 5.74) is 0.600. The molecule has 5 fully saturated rings. The van der Waals surface area contributed by atoms with Gasteiger partial charge in [0.05, 0.1) is 30.2 Å². The predicted molar refractivity (Wildman–Crippen MR) is 85.8 cm³/mol. The Bertz CT molecular complexity index is 787. The van der Waals surface area contributed by atoms with Crippen LogP contribution in [-0.2, 0) is 23.7 Å². The molecule has 134 valence electrons. The van der Waals surface area contributed by atoms with Gasteiger partial charge in [-0.3, -0.25) is 4.90 Å². The van der Waals surface area contributed by atoms with Gasteiger partial charge in [0.2, 0.25) is 11.5 Å². The highest BCUT2D eigenvalue weighted by atomic mass is 16.7. The van der Waals surface area contributed by atoms with E-state index in [2.05, 4.69) is 18.7 Å². The van der Waals surface area contributed by atoms with Crippen molar-refractivity contribution in [2.24, 2.45) is 17.8 Å². The fourth-order valence-corrected chi connectivity index (χ4v) is 6.93. The number of cyclic esters (lactones) is 1. The normalized spacial score (nSPS) is 57.4. The molecule has 1 unspecified atom stereocenters. The molecule has 1 spiro atoms. The summed E-state index contributed by atoms with van der Waals surface area (Å²) in [4.78, 5) is 14.7. The van der Waals surface area contributed by atoms with Crippen molar-refractivity contribution in [3.8, 4) is 0 Å². The van der Waals surface area contributed by atoms with Crippen molar-refractivity contribution in [2.45, 2.75) is 57.1 Å². The van der Waals surface area contributed by atoms with Gasteiger partial charge in [-0.25, -0.2) is 4.79 Å². The maximum absolute atomic E-state index is 12.1. The van der Waals surface area contributed by atoms with E-state index in [1.807, 2.05) is 0 Å². The second-order valence-corrected chi connectivity index (χ2v) is 8.55. The van der Waals surface area contributed by atoms with Crippen LogP contribution in [-0.4, -0.2) is 48.0 Å². The minimum atomic E-state index is -0.557. The topological polar surface area (TPSA) is 57.2 Å². The van der Waals surface area contributed by atoms with Crippen LogP contribution in [0, 0.1) is 17.8 Å². The first kappa shape index (κ1) is 14.6. The highest BCUT2D eigenvalue weighted by molar-refractivity contribution is 5.93. The van der Waals surface area contributed by atoms with Gasteiger partial charge in [0, 0.05) is 17.9 Å². The van der Waals surface area contributed by atoms with Crippen LogP contribution in [0.2, 0.25) is 0 Å². The summed E-state index contributed by atoms with van der Waals surface area (Å²) < 4.78 is 24.2. The number of rotatable bonds is 1. The van der Waals surface area contributed by atoms with Crippen molar-refractivity contribution in [2.75, 3.05) is 13.7 Å². The molecule has 6 aliphatic heterocycles. The zero-order chi connectivity index (χ0) is 17.3. The van der Waals surface area contributed by atoms with E-state index in [1.165, 1.54) is 0 Å². The van der Waals surface area contributed by atoms with Crippen LogP contribution in [0.5, 0.6) is 0 Å².